The number of ether oxygens (including phenoxy) is 3. The highest BCUT2D eigenvalue weighted by atomic mass is 35.5. The minimum absolute atomic E-state index is 0.0922. The van der Waals surface area contributed by atoms with Gasteiger partial charge in [0.1, 0.15) is 5.60 Å². The highest BCUT2D eigenvalue weighted by Gasteiger charge is 2.36. The first-order chi connectivity index (χ1) is 8.35. The van der Waals surface area contributed by atoms with Gasteiger partial charge in [-0.3, -0.25) is 4.90 Å². The molecule has 1 aliphatic rings. The minimum Gasteiger partial charge on any atom is -0.448 e. The predicted molar refractivity (Wildman–Crippen MR) is 64.4 cm³/mol. The summed E-state index contributed by atoms with van der Waals surface area (Å²) in [7, 11) is 0. The van der Waals surface area contributed by atoms with Gasteiger partial charge in [0.15, 0.2) is 12.1 Å². The number of carbonyl (C=O) groups excluding carboxylic acids is 2. The van der Waals surface area contributed by atoms with Crippen molar-refractivity contribution in [2.45, 2.75) is 32.4 Å². The first-order valence-electron chi connectivity index (χ1n) is 5.65. The molecule has 0 aromatic carbocycles. The number of carbonyl (C=O) groups is 2. The molecule has 0 aromatic heterocycles. The number of esters is 1. The monoisotopic (exact) mass is 279 g/mol. The third kappa shape index (κ3) is 4.34. The summed E-state index contributed by atoms with van der Waals surface area (Å²) in [4.78, 5) is 24.9. The zero-order valence-corrected chi connectivity index (χ0v) is 11.5. The molecule has 0 bridgehead atoms. The van der Waals surface area contributed by atoms with Crippen LogP contribution in [0, 0.1) is 0 Å². The smallest absolute Gasteiger partial charge is 0.411 e. The standard InChI is InChI=1S/C11H18ClNO5/c1-11(2,3)18-10(15)13-4-5-16-6-8(13)9(14)17-7-12/h8H,4-7H2,1-3H3/t8-/m1/s1. The van der Waals surface area contributed by atoms with Gasteiger partial charge in [0, 0.05) is 6.54 Å². The molecule has 1 fully saturated rings. The lowest BCUT2D eigenvalue weighted by atomic mass is 10.2. The number of nitrogens with zero attached hydrogens (tertiary/aromatic N) is 1. The molecule has 6 nitrogen and oxygen atoms in total. The van der Waals surface area contributed by atoms with Crippen LogP contribution in [0.15, 0.2) is 0 Å². The number of hydrogen-bond donors (Lipinski definition) is 0. The highest BCUT2D eigenvalue weighted by Crippen LogP contribution is 2.15. The van der Waals surface area contributed by atoms with E-state index in [1.165, 1.54) is 4.90 Å². The Labute approximate surface area is 111 Å². The van der Waals surface area contributed by atoms with Crippen LogP contribution in [0.25, 0.3) is 0 Å². The van der Waals surface area contributed by atoms with Crippen molar-refractivity contribution in [1.82, 2.24) is 4.90 Å². The average molecular weight is 280 g/mol. The fourth-order valence-electron chi connectivity index (χ4n) is 1.49. The Morgan fingerprint density at radius 1 is 1.44 bits per heavy atom. The molecule has 1 heterocycles. The maximum absolute atomic E-state index is 11.9. The van der Waals surface area contributed by atoms with Gasteiger partial charge in [-0.05, 0) is 20.8 Å². The summed E-state index contributed by atoms with van der Waals surface area (Å²) in [6.07, 6.45) is -0.553. The van der Waals surface area contributed by atoms with E-state index in [1.807, 2.05) is 0 Å². The molecule has 0 aliphatic carbocycles. The summed E-state index contributed by atoms with van der Waals surface area (Å²) in [6.45, 7) is 6.03. The summed E-state index contributed by atoms with van der Waals surface area (Å²) >= 11 is 5.33. The van der Waals surface area contributed by atoms with Crippen molar-refractivity contribution in [3.63, 3.8) is 0 Å². The van der Waals surface area contributed by atoms with E-state index in [-0.39, 0.29) is 19.2 Å². The number of alkyl halides is 1. The number of halogens is 1. The quantitative estimate of drug-likeness (QED) is 0.564. The number of morpholine rings is 1. The highest BCUT2D eigenvalue weighted by molar-refractivity contribution is 6.17. The lowest BCUT2D eigenvalue weighted by molar-refractivity contribution is -0.153. The van der Waals surface area contributed by atoms with Crippen molar-refractivity contribution in [3.8, 4) is 0 Å². The van der Waals surface area contributed by atoms with Crippen molar-refractivity contribution in [3.05, 3.63) is 0 Å². The Bertz CT molecular complexity index is 315. The van der Waals surface area contributed by atoms with Gasteiger partial charge < -0.3 is 14.2 Å². The molecule has 104 valence electrons. The van der Waals surface area contributed by atoms with E-state index < -0.39 is 23.7 Å². The molecule has 0 N–H and O–H groups in total. The van der Waals surface area contributed by atoms with Gasteiger partial charge >= 0.3 is 12.1 Å². The van der Waals surface area contributed by atoms with E-state index in [4.69, 9.17) is 21.1 Å². The molecule has 18 heavy (non-hydrogen) atoms. The molecule has 1 atom stereocenters. The van der Waals surface area contributed by atoms with Crippen LogP contribution >= 0.6 is 11.6 Å². The van der Waals surface area contributed by atoms with Gasteiger partial charge in [-0.25, -0.2) is 9.59 Å². The van der Waals surface area contributed by atoms with Crippen LogP contribution in [0.4, 0.5) is 4.79 Å². The second-order valence-corrected chi connectivity index (χ2v) is 5.06. The third-order valence-electron chi connectivity index (χ3n) is 2.23. The molecule has 0 radical (unpaired) electrons. The fraction of sp³-hybridized carbons (Fsp3) is 0.818. The third-order valence-corrected chi connectivity index (χ3v) is 2.33. The molecule has 7 heteroatoms. The van der Waals surface area contributed by atoms with E-state index in [2.05, 4.69) is 4.74 Å². The Morgan fingerprint density at radius 2 is 2.11 bits per heavy atom. The summed E-state index contributed by atoms with van der Waals surface area (Å²) in [6, 6.07) is -1.05. The van der Waals surface area contributed by atoms with Crippen LogP contribution in [-0.4, -0.2) is 54.4 Å². The molecular weight excluding hydrogens is 262 g/mol. The topological polar surface area (TPSA) is 65.1 Å². The van der Waals surface area contributed by atoms with E-state index in [1.54, 1.807) is 20.8 Å². The first-order valence-corrected chi connectivity index (χ1v) is 6.18. The average Bonchev–Trinajstić information content (AvgIpc) is 2.27. The molecule has 0 spiro atoms. The Balaban J connectivity index is 2.70. The lowest BCUT2D eigenvalue weighted by Crippen LogP contribution is -2.54. The second-order valence-electron chi connectivity index (χ2n) is 4.84. The van der Waals surface area contributed by atoms with Crippen LogP contribution in [-0.2, 0) is 19.0 Å². The van der Waals surface area contributed by atoms with Gasteiger partial charge in [0.2, 0.25) is 0 Å². The lowest BCUT2D eigenvalue weighted by Gasteiger charge is -2.34. The summed E-state index contributed by atoms with van der Waals surface area (Å²) in [5.41, 5.74) is -0.615. The largest absolute Gasteiger partial charge is 0.448 e. The van der Waals surface area contributed by atoms with Crippen LogP contribution in [0.2, 0.25) is 0 Å². The Hall–Kier alpha value is -1.01. The number of amides is 1. The summed E-state index contributed by atoms with van der Waals surface area (Å²) < 4.78 is 15.1. The van der Waals surface area contributed by atoms with E-state index >= 15 is 0 Å². The molecular formula is C11H18ClNO5. The second kappa shape index (κ2) is 6.24. The van der Waals surface area contributed by atoms with Crippen molar-refractivity contribution in [1.29, 1.82) is 0 Å². The van der Waals surface area contributed by atoms with Gasteiger partial charge in [-0.2, -0.15) is 0 Å². The van der Waals surface area contributed by atoms with Gasteiger partial charge in [0.05, 0.1) is 13.2 Å². The normalized spacial score (nSPS) is 20.4. The van der Waals surface area contributed by atoms with Crippen molar-refractivity contribution >= 4 is 23.7 Å². The molecule has 1 amide bonds. The van der Waals surface area contributed by atoms with Crippen LogP contribution in [0.1, 0.15) is 20.8 Å². The van der Waals surface area contributed by atoms with Crippen LogP contribution < -0.4 is 0 Å². The number of hydrogen-bond acceptors (Lipinski definition) is 5. The molecule has 0 aromatic rings. The predicted octanol–water partition coefficient (Wildman–Crippen LogP) is 1.36. The minimum atomic E-state index is -0.799. The molecule has 1 aliphatic heterocycles. The van der Waals surface area contributed by atoms with Crippen molar-refractivity contribution in [2.75, 3.05) is 25.8 Å². The molecule has 1 saturated heterocycles. The van der Waals surface area contributed by atoms with E-state index in [9.17, 15) is 9.59 Å². The first kappa shape index (κ1) is 15.0. The fourth-order valence-corrected chi connectivity index (χ4v) is 1.60. The van der Waals surface area contributed by atoms with Crippen molar-refractivity contribution in [2.24, 2.45) is 0 Å². The number of rotatable bonds is 2. The van der Waals surface area contributed by atoms with Crippen LogP contribution in [0.5, 0.6) is 0 Å². The maximum Gasteiger partial charge on any atom is 0.411 e. The summed E-state index contributed by atoms with van der Waals surface area (Å²) in [5.74, 6) is -0.587. The van der Waals surface area contributed by atoms with Gasteiger partial charge in [0.25, 0.3) is 0 Å². The van der Waals surface area contributed by atoms with Crippen LogP contribution in [0.3, 0.4) is 0 Å². The molecule has 0 saturated carbocycles. The van der Waals surface area contributed by atoms with E-state index in [0.29, 0.717) is 6.61 Å². The van der Waals surface area contributed by atoms with Gasteiger partial charge in [-0.15, -0.1) is 0 Å². The zero-order chi connectivity index (χ0) is 13.8. The van der Waals surface area contributed by atoms with E-state index in [0.717, 1.165) is 0 Å². The maximum atomic E-state index is 11.9. The molecule has 0 unspecified atom stereocenters. The Kier molecular flexibility index (Phi) is 5.22. The SMILES string of the molecule is CC(C)(C)OC(=O)N1CCOC[C@@H]1C(=O)OCCl. The molecule has 1 rings (SSSR count). The van der Waals surface area contributed by atoms with Gasteiger partial charge in [-0.1, -0.05) is 11.6 Å². The van der Waals surface area contributed by atoms with Crippen molar-refractivity contribution < 1.29 is 23.8 Å². The zero-order valence-electron chi connectivity index (χ0n) is 10.8. The Morgan fingerprint density at radius 3 is 2.67 bits per heavy atom. The summed E-state index contributed by atoms with van der Waals surface area (Å²) in [5, 5.41) is 0.